The third-order valence-corrected chi connectivity index (χ3v) is 6.66. The van der Waals surface area contributed by atoms with Gasteiger partial charge in [0.25, 0.3) is 0 Å². The summed E-state index contributed by atoms with van der Waals surface area (Å²) < 4.78 is 23.2. The lowest BCUT2D eigenvalue weighted by Crippen LogP contribution is -2.38. The van der Waals surface area contributed by atoms with Crippen LogP contribution in [0.5, 0.6) is 0 Å². The predicted molar refractivity (Wildman–Crippen MR) is 79.5 cm³/mol. The molecule has 0 spiro atoms. The van der Waals surface area contributed by atoms with Crippen molar-refractivity contribution in [3.63, 3.8) is 0 Å². The molecule has 6 heteroatoms. The van der Waals surface area contributed by atoms with Gasteiger partial charge in [0, 0.05) is 17.3 Å². The van der Waals surface area contributed by atoms with Gasteiger partial charge in [-0.1, -0.05) is 6.92 Å². The Bertz CT molecular complexity index is 517. The highest BCUT2D eigenvalue weighted by atomic mass is 32.2. The van der Waals surface area contributed by atoms with E-state index in [4.69, 9.17) is 0 Å². The minimum atomic E-state index is -2.81. The molecule has 0 saturated carbocycles. The van der Waals surface area contributed by atoms with Gasteiger partial charge in [-0.05, 0) is 32.7 Å². The molecule has 0 amide bonds. The van der Waals surface area contributed by atoms with Gasteiger partial charge in [0.2, 0.25) is 0 Å². The summed E-state index contributed by atoms with van der Waals surface area (Å²) in [6.45, 7) is 7.04. The third kappa shape index (κ3) is 3.77. The number of aryl methyl sites for hydroxylation is 2. The highest BCUT2D eigenvalue weighted by molar-refractivity contribution is 7.91. The summed E-state index contributed by atoms with van der Waals surface area (Å²) >= 11 is 1.73. The van der Waals surface area contributed by atoms with E-state index in [0.29, 0.717) is 11.5 Å². The van der Waals surface area contributed by atoms with Crippen molar-refractivity contribution in [1.29, 1.82) is 0 Å². The summed E-state index contributed by atoms with van der Waals surface area (Å²) in [5, 5.41) is 4.56. The molecule has 4 nitrogen and oxygen atoms in total. The van der Waals surface area contributed by atoms with Crippen LogP contribution in [0.25, 0.3) is 0 Å². The molecule has 0 bridgehead atoms. The van der Waals surface area contributed by atoms with E-state index in [1.165, 1.54) is 4.88 Å². The van der Waals surface area contributed by atoms with Crippen LogP contribution >= 0.6 is 11.3 Å². The summed E-state index contributed by atoms with van der Waals surface area (Å²) in [6, 6.07) is 0.229. The normalized spacial score (nSPS) is 23.6. The van der Waals surface area contributed by atoms with Crippen molar-refractivity contribution in [3.05, 3.63) is 15.6 Å². The Balaban J connectivity index is 2.08. The van der Waals surface area contributed by atoms with Gasteiger partial charge in [-0.25, -0.2) is 13.4 Å². The highest BCUT2D eigenvalue weighted by Crippen LogP contribution is 2.26. The zero-order valence-electron chi connectivity index (χ0n) is 11.8. The Labute approximate surface area is 119 Å². The van der Waals surface area contributed by atoms with Crippen LogP contribution in [0.1, 0.15) is 28.9 Å². The van der Waals surface area contributed by atoms with Crippen molar-refractivity contribution in [2.75, 3.05) is 18.1 Å². The lowest BCUT2D eigenvalue weighted by molar-refractivity contribution is 0.385. The minimum Gasteiger partial charge on any atom is -0.314 e. The summed E-state index contributed by atoms with van der Waals surface area (Å²) in [5.41, 5.74) is 1.09. The molecule has 1 fully saturated rings. The van der Waals surface area contributed by atoms with Gasteiger partial charge < -0.3 is 5.32 Å². The fourth-order valence-electron chi connectivity index (χ4n) is 2.62. The number of nitrogens with one attached hydrogen (secondary N) is 1. The van der Waals surface area contributed by atoms with Crippen LogP contribution in [-0.2, 0) is 16.3 Å². The molecule has 0 aliphatic carbocycles. The van der Waals surface area contributed by atoms with E-state index in [1.807, 2.05) is 6.92 Å². The van der Waals surface area contributed by atoms with Crippen molar-refractivity contribution >= 4 is 21.2 Å². The maximum absolute atomic E-state index is 11.6. The zero-order chi connectivity index (χ0) is 14.0. The summed E-state index contributed by atoms with van der Waals surface area (Å²) in [7, 11) is -2.81. The topological polar surface area (TPSA) is 59.1 Å². The number of sulfone groups is 1. The molecular weight excluding hydrogens is 280 g/mol. The van der Waals surface area contributed by atoms with Gasteiger partial charge >= 0.3 is 0 Å². The van der Waals surface area contributed by atoms with Crippen LogP contribution in [0.15, 0.2) is 0 Å². The fraction of sp³-hybridized carbons (Fsp3) is 0.769. The van der Waals surface area contributed by atoms with Crippen molar-refractivity contribution in [2.45, 2.75) is 39.7 Å². The van der Waals surface area contributed by atoms with E-state index in [-0.39, 0.29) is 12.0 Å². The second kappa shape index (κ2) is 5.89. The Kier molecular flexibility index (Phi) is 4.63. The molecule has 2 heterocycles. The van der Waals surface area contributed by atoms with Crippen molar-refractivity contribution in [2.24, 2.45) is 5.92 Å². The highest BCUT2D eigenvalue weighted by Gasteiger charge is 2.33. The SMILES string of the molecule is CCNC(Cc1nc(C)c(C)s1)C1CCS(=O)(=O)C1. The Morgan fingerprint density at radius 1 is 1.47 bits per heavy atom. The fourth-order valence-corrected chi connectivity index (χ4v) is 5.50. The van der Waals surface area contributed by atoms with E-state index >= 15 is 0 Å². The van der Waals surface area contributed by atoms with Crippen LogP contribution in [0.2, 0.25) is 0 Å². The van der Waals surface area contributed by atoms with E-state index < -0.39 is 9.84 Å². The zero-order valence-corrected chi connectivity index (χ0v) is 13.4. The smallest absolute Gasteiger partial charge is 0.150 e. The van der Waals surface area contributed by atoms with Crippen molar-refractivity contribution in [3.8, 4) is 0 Å². The number of thiazole rings is 1. The maximum Gasteiger partial charge on any atom is 0.150 e. The summed E-state index contributed by atoms with van der Waals surface area (Å²) in [6.07, 6.45) is 1.62. The molecular formula is C13H22N2O2S2. The molecule has 108 valence electrons. The molecule has 0 radical (unpaired) electrons. The molecule has 1 N–H and O–H groups in total. The van der Waals surface area contributed by atoms with E-state index in [1.54, 1.807) is 11.3 Å². The van der Waals surface area contributed by atoms with Crippen molar-refractivity contribution in [1.82, 2.24) is 10.3 Å². The number of aromatic nitrogens is 1. The maximum atomic E-state index is 11.6. The monoisotopic (exact) mass is 302 g/mol. The summed E-state index contributed by atoms with van der Waals surface area (Å²) in [5.74, 6) is 0.901. The van der Waals surface area contributed by atoms with Crippen LogP contribution in [-0.4, -0.2) is 37.5 Å². The lowest BCUT2D eigenvalue weighted by atomic mass is 9.96. The molecule has 1 saturated heterocycles. The Morgan fingerprint density at radius 2 is 2.21 bits per heavy atom. The van der Waals surface area contributed by atoms with Gasteiger partial charge in [0.15, 0.2) is 9.84 Å². The molecule has 19 heavy (non-hydrogen) atoms. The average Bonchev–Trinajstić information content (AvgIpc) is 2.82. The Morgan fingerprint density at radius 3 is 2.68 bits per heavy atom. The number of rotatable bonds is 5. The number of nitrogens with zero attached hydrogens (tertiary/aromatic N) is 1. The minimum absolute atomic E-state index is 0.229. The second-order valence-electron chi connectivity index (χ2n) is 5.28. The quantitative estimate of drug-likeness (QED) is 0.899. The number of hydrogen-bond acceptors (Lipinski definition) is 5. The molecule has 1 aliphatic rings. The van der Waals surface area contributed by atoms with Crippen molar-refractivity contribution < 1.29 is 8.42 Å². The van der Waals surface area contributed by atoms with Gasteiger partial charge in [-0.15, -0.1) is 11.3 Å². The molecule has 0 aromatic carbocycles. The van der Waals surface area contributed by atoms with Gasteiger partial charge in [0.05, 0.1) is 22.2 Å². The van der Waals surface area contributed by atoms with E-state index in [9.17, 15) is 8.42 Å². The average molecular weight is 302 g/mol. The number of hydrogen-bond donors (Lipinski definition) is 1. The molecule has 1 aromatic rings. The first-order valence-electron chi connectivity index (χ1n) is 6.78. The standard InChI is InChI=1S/C13H22N2O2S2/c1-4-14-12(11-5-6-19(16,17)8-11)7-13-15-9(2)10(3)18-13/h11-12,14H,4-8H2,1-3H3. The summed E-state index contributed by atoms with van der Waals surface area (Å²) in [4.78, 5) is 5.82. The third-order valence-electron chi connectivity index (χ3n) is 3.77. The van der Waals surface area contributed by atoms with Crippen LogP contribution < -0.4 is 5.32 Å². The van der Waals surface area contributed by atoms with E-state index in [0.717, 1.165) is 30.1 Å². The van der Waals surface area contributed by atoms with Crippen LogP contribution in [0.4, 0.5) is 0 Å². The molecule has 1 aliphatic heterocycles. The molecule has 2 atom stereocenters. The largest absolute Gasteiger partial charge is 0.314 e. The van der Waals surface area contributed by atoms with Crippen LogP contribution in [0, 0.1) is 19.8 Å². The number of likely N-dealkylation sites (N-methyl/N-ethyl adjacent to an activating group) is 1. The lowest BCUT2D eigenvalue weighted by Gasteiger charge is -2.22. The predicted octanol–water partition coefficient (Wildman–Crippen LogP) is 1.72. The van der Waals surface area contributed by atoms with E-state index in [2.05, 4.69) is 24.1 Å². The van der Waals surface area contributed by atoms with Gasteiger partial charge in [0.1, 0.15) is 0 Å². The first-order chi connectivity index (χ1) is 8.91. The van der Waals surface area contributed by atoms with Crippen LogP contribution in [0.3, 0.4) is 0 Å². The second-order valence-corrected chi connectivity index (χ2v) is 8.80. The first-order valence-corrected chi connectivity index (χ1v) is 9.41. The first kappa shape index (κ1) is 14.9. The molecule has 2 unspecified atom stereocenters. The van der Waals surface area contributed by atoms with Gasteiger partial charge in [-0.3, -0.25) is 0 Å². The Hall–Kier alpha value is -0.460. The molecule has 2 rings (SSSR count). The molecule has 1 aromatic heterocycles. The van der Waals surface area contributed by atoms with Gasteiger partial charge in [-0.2, -0.15) is 0 Å².